The van der Waals surface area contributed by atoms with Crippen LogP contribution in [0.2, 0.25) is 5.02 Å². The Bertz CT molecular complexity index is 932. The Morgan fingerprint density at radius 3 is 2.59 bits per heavy atom. The number of rotatable bonds is 8. The van der Waals surface area contributed by atoms with E-state index >= 15 is 0 Å². The fourth-order valence-corrected chi connectivity index (χ4v) is 3.47. The van der Waals surface area contributed by atoms with Crippen molar-refractivity contribution < 1.29 is 22.3 Å². The van der Waals surface area contributed by atoms with E-state index in [9.17, 15) is 17.2 Å². The molecule has 0 radical (unpaired) electrons. The molecule has 148 valence electrons. The Hall–Kier alpha value is -1.69. The van der Waals surface area contributed by atoms with Crippen LogP contribution in [0.3, 0.4) is 0 Å². The molecule has 1 aromatic heterocycles. The molecule has 2 aromatic rings. The van der Waals surface area contributed by atoms with Gasteiger partial charge in [0.15, 0.2) is 5.16 Å². The highest BCUT2D eigenvalue weighted by molar-refractivity contribution is 7.98. The Kier molecular flexibility index (Phi) is 7.20. The van der Waals surface area contributed by atoms with Gasteiger partial charge in [0.2, 0.25) is 10.0 Å². The number of aromatic nitrogens is 2. The molecule has 0 fully saturated rings. The molecule has 3 N–H and O–H groups in total. The van der Waals surface area contributed by atoms with E-state index in [2.05, 4.69) is 20.0 Å². The Balaban J connectivity index is 2.30. The standard InChI is InChI=1S/C15H17ClF2N4O3S2/c1-8(6-23)19-12-5-13(22-27(2,24)25)21-15(20-12)26-7-9-11(17)4-3-10(16)14(9)18/h3-5,8,23H,6-7H2,1-2H3,(H2,19,20,21,22)/t8-/m1/s1. The van der Waals surface area contributed by atoms with E-state index in [1.165, 1.54) is 6.07 Å². The van der Waals surface area contributed by atoms with Gasteiger partial charge in [-0.1, -0.05) is 23.4 Å². The average molecular weight is 439 g/mol. The van der Waals surface area contributed by atoms with Crippen LogP contribution >= 0.6 is 23.4 Å². The molecule has 0 amide bonds. The minimum atomic E-state index is -3.60. The van der Waals surface area contributed by atoms with Crippen molar-refractivity contribution in [3.05, 3.63) is 40.4 Å². The summed E-state index contributed by atoms with van der Waals surface area (Å²) in [6.07, 6.45) is 0.960. The molecular formula is C15H17ClF2N4O3S2. The first-order valence-corrected chi connectivity index (χ1v) is 10.8. The molecule has 27 heavy (non-hydrogen) atoms. The number of benzene rings is 1. The van der Waals surface area contributed by atoms with Gasteiger partial charge in [0.05, 0.1) is 17.9 Å². The van der Waals surface area contributed by atoms with Crippen LogP contribution in [0.5, 0.6) is 0 Å². The minimum absolute atomic E-state index is 0.0188. The van der Waals surface area contributed by atoms with Gasteiger partial charge in [-0.15, -0.1) is 0 Å². The van der Waals surface area contributed by atoms with E-state index in [1.807, 2.05) is 0 Å². The van der Waals surface area contributed by atoms with Crippen molar-refractivity contribution in [3.8, 4) is 0 Å². The number of thioether (sulfide) groups is 1. The third-order valence-corrected chi connectivity index (χ3v) is 4.89. The number of nitrogens with one attached hydrogen (secondary N) is 2. The molecule has 1 aromatic carbocycles. The number of aliphatic hydroxyl groups is 1. The summed E-state index contributed by atoms with van der Waals surface area (Å²) in [5.74, 6) is -1.57. The summed E-state index contributed by atoms with van der Waals surface area (Å²) in [5.41, 5.74) is -0.240. The van der Waals surface area contributed by atoms with Crippen LogP contribution in [0.25, 0.3) is 0 Å². The molecule has 2 rings (SSSR count). The zero-order valence-electron chi connectivity index (χ0n) is 14.3. The number of sulfonamides is 1. The second-order valence-corrected chi connectivity index (χ2v) is 8.73. The Labute approximate surface area is 164 Å². The van der Waals surface area contributed by atoms with Crippen molar-refractivity contribution in [2.24, 2.45) is 0 Å². The molecule has 0 aliphatic carbocycles. The molecule has 12 heteroatoms. The van der Waals surface area contributed by atoms with Crippen LogP contribution in [0.1, 0.15) is 12.5 Å². The number of nitrogens with zero attached hydrogens (tertiary/aromatic N) is 2. The SMILES string of the molecule is C[C@H](CO)Nc1cc(NS(C)(=O)=O)nc(SCc2c(F)ccc(Cl)c2F)n1. The Morgan fingerprint density at radius 2 is 1.96 bits per heavy atom. The number of aliphatic hydroxyl groups excluding tert-OH is 1. The maximum absolute atomic E-state index is 14.0. The molecule has 0 aliphatic rings. The Morgan fingerprint density at radius 1 is 1.30 bits per heavy atom. The molecule has 0 unspecified atom stereocenters. The van der Waals surface area contributed by atoms with Gasteiger partial charge in [0.1, 0.15) is 23.3 Å². The summed E-state index contributed by atoms with van der Waals surface area (Å²) in [5, 5.41) is 11.9. The van der Waals surface area contributed by atoms with Crippen LogP contribution in [0.4, 0.5) is 20.4 Å². The zero-order chi connectivity index (χ0) is 20.2. The first-order chi connectivity index (χ1) is 12.6. The van der Waals surface area contributed by atoms with Crippen LogP contribution in [0.15, 0.2) is 23.4 Å². The highest BCUT2D eigenvalue weighted by Gasteiger charge is 2.15. The zero-order valence-corrected chi connectivity index (χ0v) is 16.7. The van der Waals surface area contributed by atoms with E-state index < -0.39 is 21.7 Å². The maximum atomic E-state index is 14.0. The van der Waals surface area contributed by atoms with Gasteiger partial charge in [-0.05, 0) is 19.1 Å². The number of anilines is 2. The third-order valence-electron chi connectivity index (χ3n) is 3.15. The average Bonchev–Trinajstić information content (AvgIpc) is 2.56. The van der Waals surface area contributed by atoms with E-state index in [0.717, 1.165) is 30.2 Å². The molecule has 0 aliphatic heterocycles. The lowest BCUT2D eigenvalue weighted by Gasteiger charge is -2.14. The van der Waals surface area contributed by atoms with Gasteiger partial charge in [0, 0.05) is 23.4 Å². The van der Waals surface area contributed by atoms with Crippen molar-refractivity contribution in [2.75, 3.05) is 22.9 Å². The van der Waals surface area contributed by atoms with E-state index in [0.29, 0.717) is 0 Å². The lowest BCUT2D eigenvalue weighted by Crippen LogP contribution is -2.21. The van der Waals surface area contributed by atoms with Crippen molar-refractivity contribution in [1.29, 1.82) is 0 Å². The van der Waals surface area contributed by atoms with Crippen molar-refractivity contribution in [3.63, 3.8) is 0 Å². The topological polar surface area (TPSA) is 104 Å². The maximum Gasteiger partial charge on any atom is 0.230 e. The van der Waals surface area contributed by atoms with Gasteiger partial charge in [0.25, 0.3) is 0 Å². The first kappa shape index (κ1) is 21.6. The summed E-state index contributed by atoms with van der Waals surface area (Å²) in [4.78, 5) is 8.20. The van der Waals surface area contributed by atoms with Crippen LogP contribution in [-0.2, 0) is 15.8 Å². The number of hydrogen-bond acceptors (Lipinski definition) is 7. The van der Waals surface area contributed by atoms with Gasteiger partial charge in [-0.25, -0.2) is 27.2 Å². The van der Waals surface area contributed by atoms with E-state index in [1.54, 1.807) is 6.92 Å². The predicted molar refractivity (Wildman–Crippen MR) is 102 cm³/mol. The summed E-state index contributed by atoms with van der Waals surface area (Å²) in [7, 11) is -3.60. The molecule has 0 bridgehead atoms. The van der Waals surface area contributed by atoms with Crippen molar-refractivity contribution >= 4 is 45.0 Å². The quantitative estimate of drug-likeness (QED) is 0.330. The first-order valence-electron chi connectivity index (χ1n) is 7.58. The molecule has 0 saturated heterocycles. The van der Waals surface area contributed by atoms with E-state index in [-0.39, 0.29) is 45.8 Å². The van der Waals surface area contributed by atoms with Gasteiger partial charge >= 0.3 is 0 Å². The number of hydrogen-bond donors (Lipinski definition) is 3. The second-order valence-electron chi connectivity index (χ2n) is 5.63. The highest BCUT2D eigenvalue weighted by Crippen LogP contribution is 2.28. The summed E-state index contributed by atoms with van der Waals surface area (Å²) in [6.45, 7) is 1.51. The summed E-state index contributed by atoms with van der Waals surface area (Å²) < 4.78 is 53.0. The largest absolute Gasteiger partial charge is 0.394 e. The minimum Gasteiger partial charge on any atom is -0.394 e. The van der Waals surface area contributed by atoms with Gasteiger partial charge in [-0.2, -0.15) is 0 Å². The smallest absolute Gasteiger partial charge is 0.230 e. The molecule has 1 heterocycles. The second kappa shape index (κ2) is 9.00. The van der Waals surface area contributed by atoms with Crippen LogP contribution < -0.4 is 10.0 Å². The molecule has 7 nitrogen and oxygen atoms in total. The van der Waals surface area contributed by atoms with Crippen molar-refractivity contribution in [1.82, 2.24) is 9.97 Å². The van der Waals surface area contributed by atoms with Crippen LogP contribution in [0, 0.1) is 11.6 Å². The van der Waals surface area contributed by atoms with Gasteiger partial charge in [-0.3, -0.25) is 4.72 Å². The summed E-state index contributed by atoms with van der Waals surface area (Å²) in [6, 6.07) is 3.16. The lowest BCUT2D eigenvalue weighted by atomic mass is 10.2. The molecule has 1 atom stereocenters. The predicted octanol–water partition coefficient (Wildman–Crippen LogP) is 2.86. The lowest BCUT2D eigenvalue weighted by molar-refractivity contribution is 0.281. The fourth-order valence-electron chi connectivity index (χ4n) is 1.94. The highest BCUT2D eigenvalue weighted by atomic mass is 35.5. The van der Waals surface area contributed by atoms with E-state index in [4.69, 9.17) is 16.7 Å². The normalized spacial score (nSPS) is 12.7. The number of halogens is 3. The molecule has 0 spiro atoms. The summed E-state index contributed by atoms with van der Waals surface area (Å²) >= 11 is 6.57. The van der Waals surface area contributed by atoms with Gasteiger partial charge < -0.3 is 10.4 Å². The van der Waals surface area contributed by atoms with Crippen LogP contribution in [-0.4, -0.2) is 42.4 Å². The molecule has 0 saturated carbocycles. The fraction of sp³-hybridized carbons (Fsp3) is 0.333. The monoisotopic (exact) mass is 438 g/mol. The van der Waals surface area contributed by atoms with Crippen molar-refractivity contribution in [2.45, 2.75) is 23.9 Å². The third kappa shape index (κ3) is 6.45. The molecular weight excluding hydrogens is 422 g/mol.